The molecule has 2 aliphatic heterocycles. The van der Waals surface area contributed by atoms with E-state index in [4.69, 9.17) is 24.8 Å². The van der Waals surface area contributed by atoms with Gasteiger partial charge in [0.05, 0.1) is 20.1 Å². The highest BCUT2D eigenvalue weighted by atomic mass is 19.4. The number of aliphatic carboxylic acids is 2. The number of nitrogens with one attached hydrogen (secondary N) is 2. The molecule has 1 atom stereocenters. The second-order valence-electron chi connectivity index (χ2n) is 10.7. The molecular weight excluding hydrogens is 614 g/mol. The maximum Gasteiger partial charge on any atom is 0.430 e. The number of amides is 1. The van der Waals surface area contributed by atoms with Crippen molar-refractivity contribution in [1.82, 2.24) is 5.32 Å². The SMILES string of the molecule is CC(=O)CCCCC[C@H](NC(=O)C1CC[NH+](C)CC1)C1=NC(C)=C(c2ccccc2)[NH2+]1.O=C([O-])C(F)(F)F.O=C([O-])C(F)(F)F. The molecule has 0 bridgehead atoms. The largest absolute Gasteiger partial charge is 0.542 e. The molecule has 16 heteroatoms. The van der Waals surface area contributed by atoms with Crippen molar-refractivity contribution in [3.8, 4) is 0 Å². The van der Waals surface area contributed by atoms with Gasteiger partial charge in [-0.2, -0.15) is 31.3 Å². The van der Waals surface area contributed by atoms with Crippen molar-refractivity contribution in [2.75, 3.05) is 20.1 Å². The van der Waals surface area contributed by atoms with Gasteiger partial charge in [0.25, 0.3) is 0 Å². The molecule has 0 spiro atoms. The second kappa shape index (κ2) is 18.2. The number of amidine groups is 1. The Morgan fingerprint density at radius 3 is 1.93 bits per heavy atom. The van der Waals surface area contributed by atoms with Crippen molar-refractivity contribution in [1.29, 1.82) is 0 Å². The van der Waals surface area contributed by atoms with Crippen molar-refractivity contribution < 1.29 is 66.0 Å². The fourth-order valence-electron chi connectivity index (χ4n) is 4.48. The van der Waals surface area contributed by atoms with Crippen molar-refractivity contribution in [3.63, 3.8) is 0 Å². The molecule has 1 aromatic rings. The lowest BCUT2D eigenvalue weighted by Gasteiger charge is -2.27. The third-order valence-electron chi connectivity index (χ3n) is 6.93. The van der Waals surface area contributed by atoms with E-state index in [0.29, 0.717) is 6.42 Å². The minimum atomic E-state index is -5.19. The van der Waals surface area contributed by atoms with Crippen LogP contribution in [0.15, 0.2) is 41.0 Å². The number of carboxylic acid groups (broad SMARTS) is 2. The van der Waals surface area contributed by atoms with E-state index in [2.05, 4.69) is 29.8 Å². The minimum absolute atomic E-state index is 0.0759. The van der Waals surface area contributed by atoms with Crippen molar-refractivity contribution in [2.45, 2.75) is 77.2 Å². The third kappa shape index (κ3) is 15.2. The van der Waals surface area contributed by atoms with E-state index in [1.807, 2.05) is 25.1 Å². The summed E-state index contributed by atoms with van der Waals surface area (Å²) in [5.74, 6) is -4.54. The van der Waals surface area contributed by atoms with Crippen LogP contribution >= 0.6 is 0 Å². The zero-order valence-corrected chi connectivity index (χ0v) is 25.1. The topological polar surface area (TPSA) is 160 Å². The van der Waals surface area contributed by atoms with Crippen LogP contribution in [0.4, 0.5) is 26.3 Å². The van der Waals surface area contributed by atoms with Gasteiger partial charge in [-0.05, 0) is 38.8 Å². The van der Waals surface area contributed by atoms with Gasteiger partial charge in [-0.3, -0.25) is 10.1 Å². The maximum absolute atomic E-state index is 13.0. The van der Waals surface area contributed by atoms with E-state index in [9.17, 15) is 35.9 Å². The Hall–Kier alpha value is -3.79. The number of likely N-dealkylation sites (tertiary alicyclic amines) is 1. The number of ketones is 1. The second-order valence-corrected chi connectivity index (χ2v) is 10.7. The van der Waals surface area contributed by atoms with E-state index >= 15 is 0 Å². The number of carbonyl (C=O) groups excluding carboxylic acids is 4. The van der Waals surface area contributed by atoms with E-state index in [1.165, 1.54) is 4.90 Å². The summed E-state index contributed by atoms with van der Waals surface area (Å²) in [7, 11) is 2.19. The number of piperidine rings is 1. The molecule has 252 valence electrons. The number of quaternary nitrogens is 2. The number of halogens is 6. The van der Waals surface area contributed by atoms with Gasteiger partial charge in [-0.25, -0.2) is 0 Å². The van der Waals surface area contributed by atoms with Gasteiger partial charge in [0.2, 0.25) is 11.7 Å². The van der Waals surface area contributed by atoms with E-state index < -0.39 is 24.3 Å². The van der Waals surface area contributed by atoms with E-state index in [0.717, 1.165) is 74.4 Å². The van der Waals surface area contributed by atoms with Crippen LogP contribution in [0.5, 0.6) is 0 Å². The number of alkyl halides is 6. The van der Waals surface area contributed by atoms with Gasteiger partial charge in [-0.1, -0.05) is 31.0 Å². The third-order valence-corrected chi connectivity index (χ3v) is 6.93. The van der Waals surface area contributed by atoms with Gasteiger partial charge in [0, 0.05) is 30.7 Å². The molecule has 0 saturated carbocycles. The molecule has 2 aliphatic rings. The highest BCUT2D eigenvalue weighted by molar-refractivity contribution is 5.91. The van der Waals surface area contributed by atoms with E-state index in [1.54, 1.807) is 6.92 Å². The summed E-state index contributed by atoms with van der Waals surface area (Å²) in [5, 5.41) is 23.0. The van der Waals surface area contributed by atoms with Crippen molar-refractivity contribution in [3.05, 3.63) is 41.6 Å². The van der Waals surface area contributed by atoms with Crippen LogP contribution in [0.1, 0.15) is 64.4 Å². The summed E-state index contributed by atoms with van der Waals surface area (Å²) < 4.78 is 63.1. The Labute approximate surface area is 256 Å². The predicted octanol–water partition coefficient (Wildman–Crippen LogP) is -0.103. The summed E-state index contributed by atoms with van der Waals surface area (Å²) in [4.78, 5) is 48.2. The Morgan fingerprint density at radius 2 is 1.47 bits per heavy atom. The molecule has 10 nitrogen and oxygen atoms in total. The lowest BCUT2D eigenvalue weighted by atomic mass is 9.95. The van der Waals surface area contributed by atoms with Crippen LogP contribution in [-0.4, -0.2) is 68.0 Å². The summed E-state index contributed by atoms with van der Waals surface area (Å²) in [6, 6.07) is 10.2. The number of carbonyl (C=O) groups is 4. The number of hydrogen-bond donors (Lipinski definition) is 3. The lowest BCUT2D eigenvalue weighted by Crippen LogP contribution is -3.10. The first-order valence-electron chi connectivity index (χ1n) is 14.2. The lowest BCUT2D eigenvalue weighted by molar-refractivity contribution is -0.885. The number of aliphatic imine (C=N–C) groups is 1. The summed E-state index contributed by atoms with van der Waals surface area (Å²) in [5.41, 5.74) is 3.29. The van der Waals surface area contributed by atoms with Gasteiger partial charge in [0.1, 0.15) is 29.5 Å². The average Bonchev–Trinajstić information content (AvgIpc) is 3.33. The maximum atomic E-state index is 13.0. The fraction of sp³-hybridized carbons (Fsp3) is 0.552. The number of nitrogens with two attached hydrogens (primary N) is 1. The predicted molar refractivity (Wildman–Crippen MR) is 146 cm³/mol. The molecule has 1 fully saturated rings. The molecule has 3 rings (SSSR count). The summed E-state index contributed by atoms with van der Waals surface area (Å²) in [6.45, 7) is 5.80. The molecule has 0 unspecified atom stereocenters. The number of hydrogen-bond acceptors (Lipinski definition) is 7. The first kappa shape index (κ1) is 39.2. The highest BCUT2D eigenvalue weighted by Crippen LogP contribution is 2.19. The standard InChI is InChI=1S/C25H36N4O2.2C2HF3O2/c1-18(30)10-6-4-9-13-22(27-25(31)21-14-16-29(3)17-15-21)24-26-19(2)23(28-24)20-11-7-5-8-12-20;2*3-2(4,5)1(6)7/h5,7-8,11-12,21-22H,4,6,9-10,13-17H2,1-3H3,(H,26,28)(H,27,31);2*(H,6,7)/t22-;;/m0../s1. The monoisotopic (exact) mass is 652 g/mol. The van der Waals surface area contributed by atoms with E-state index in [-0.39, 0.29) is 23.7 Å². The van der Waals surface area contributed by atoms with Crippen LogP contribution in [-0.2, 0) is 19.2 Å². The molecule has 1 aromatic carbocycles. The quantitative estimate of drug-likeness (QED) is 0.237. The molecule has 0 aliphatic carbocycles. The fourth-order valence-corrected chi connectivity index (χ4v) is 4.48. The van der Waals surface area contributed by atoms with Crippen LogP contribution in [0, 0.1) is 5.92 Å². The van der Waals surface area contributed by atoms with Crippen LogP contribution in [0.3, 0.4) is 0 Å². The Morgan fingerprint density at radius 1 is 0.956 bits per heavy atom. The molecule has 1 saturated heterocycles. The Kier molecular flexibility index (Phi) is 15.9. The van der Waals surface area contributed by atoms with Gasteiger partial charge in [0.15, 0.2) is 5.70 Å². The zero-order chi connectivity index (χ0) is 34.4. The zero-order valence-electron chi connectivity index (χ0n) is 25.1. The number of benzene rings is 1. The highest BCUT2D eigenvalue weighted by Gasteiger charge is 2.33. The molecule has 0 aromatic heterocycles. The number of allylic oxidation sites excluding steroid dienone is 1. The average molecular weight is 653 g/mol. The number of Topliss-reactive ketones (excluding diaryl/α,β-unsaturated/α-hetero) is 1. The normalized spacial score (nSPS) is 18.8. The van der Waals surface area contributed by atoms with Gasteiger partial charge < -0.3 is 34.8 Å². The van der Waals surface area contributed by atoms with Crippen LogP contribution < -0.4 is 25.7 Å². The van der Waals surface area contributed by atoms with Crippen LogP contribution in [0.2, 0.25) is 0 Å². The molecule has 0 radical (unpaired) electrons. The summed E-state index contributed by atoms with van der Waals surface area (Å²) >= 11 is 0. The Bertz CT molecular complexity index is 1190. The first-order chi connectivity index (χ1) is 20.8. The number of nitrogens with zero attached hydrogens (tertiary/aromatic N) is 1. The first-order valence-corrected chi connectivity index (χ1v) is 14.2. The van der Waals surface area contributed by atoms with Gasteiger partial charge in [-0.15, -0.1) is 0 Å². The minimum Gasteiger partial charge on any atom is -0.542 e. The van der Waals surface area contributed by atoms with Crippen molar-refractivity contribution in [2.24, 2.45) is 10.9 Å². The smallest absolute Gasteiger partial charge is 0.430 e. The molecule has 45 heavy (non-hydrogen) atoms. The summed E-state index contributed by atoms with van der Waals surface area (Å²) in [6.07, 6.45) is -4.11. The molecule has 1 amide bonds. The Balaban J connectivity index is 0.000000601. The number of rotatable bonds is 10. The van der Waals surface area contributed by atoms with Gasteiger partial charge >= 0.3 is 12.4 Å². The number of unbranched alkanes of at least 4 members (excludes halogenated alkanes) is 2. The molecule has 2 heterocycles. The molecule has 4 N–H and O–H groups in total. The van der Waals surface area contributed by atoms with Crippen molar-refractivity contribution >= 4 is 35.2 Å². The van der Waals surface area contributed by atoms with Crippen LogP contribution in [0.25, 0.3) is 5.70 Å². The number of carboxylic acids is 2. The molecular formula is C29H38F6N4O6.